The minimum absolute atomic E-state index is 0.0155. The Morgan fingerprint density at radius 1 is 1.07 bits per heavy atom. The van der Waals surface area contributed by atoms with Gasteiger partial charge in [-0.1, -0.05) is 25.3 Å². The number of hydrogen-bond acceptors (Lipinski definition) is 4. The first kappa shape index (κ1) is 19.6. The van der Waals surface area contributed by atoms with Gasteiger partial charge < -0.3 is 4.90 Å². The van der Waals surface area contributed by atoms with E-state index >= 15 is 0 Å². The number of carbonyl (C=O) groups excluding carboxylic acids is 3. The summed E-state index contributed by atoms with van der Waals surface area (Å²) in [6.45, 7) is 0. The fourth-order valence-electron chi connectivity index (χ4n) is 4.14. The third-order valence-corrected chi connectivity index (χ3v) is 7.06. The number of rotatable bonds is 4. The molecular weight excluding hydrogens is 487 g/mol. The van der Waals surface area contributed by atoms with Crippen LogP contribution in [0.25, 0.3) is 0 Å². The molecular formula is C21H21IN2O3S. The van der Waals surface area contributed by atoms with Crippen LogP contribution >= 0.6 is 33.9 Å². The highest BCUT2D eigenvalue weighted by Crippen LogP contribution is 2.32. The van der Waals surface area contributed by atoms with Crippen molar-refractivity contribution in [2.45, 2.75) is 50.6 Å². The third-order valence-electron chi connectivity index (χ3n) is 5.48. The van der Waals surface area contributed by atoms with Gasteiger partial charge in [-0.2, -0.15) is 0 Å². The minimum Gasteiger partial charge on any atom is -0.322 e. The van der Waals surface area contributed by atoms with Gasteiger partial charge in [-0.25, -0.2) is 4.90 Å². The van der Waals surface area contributed by atoms with Gasteiger partial charge in [0.2, 0.25) is 5.91 Å². The Kier molecular flexibility index (Phi) is 5.82. The maximum atomic E-state index is 13.3. The van der Waals surface area contributed by atoms with E-state index in [2.05, 4.69) is 22.6 Å². The van der Waals surface area contributed by atoms with Crippen molar-refractivity contribution in [1.29, 1.82) is 0 Å². The Morgan fingerprint density at radius 3 is 2.43 bits per heavy atom. The lowest BCUT2D eigenvalue weighted by Crippen LogP contribution is -2.51. The minimum atomic E-state index is -0.718. The van der Waals surface area contributed by atoms with E-state index in [1.54, 1.807) is 23.1 Å². The van der Waals surface area contributed by atoms with Gasteiger partial charge in [-0.05, 0) is 71.1 Å². The molecule has 0 bridgehead atoms. The Morgan fingerprint density at radius 2 is 1.79 bits per heavy atom. The van der Waals surface area contributed by atoms with Gasteiger partial charge in [0.05, 0.1) is 17.0 Å². The van der Waals surface area contributed by atoms with Crippen molar-refractivity contribution in [3.05, 3.63) is 50.2 Å². The summed E-state index contributed by atoms with van der Waals surface area (Å²) in [5, 5.41) is 1.87. The number of hydrogen-bond donors (Lipinski definition) is 0. The lowest BCUT2D eigenvalue weighted by molar-refractivity contribution is -0.123. The largest absolute Gasteiger partial charge is 0.322 e. The predicted octanol–water partition coefficient (Wildman–Crippen LogP) is 4.46. The molecule has 1 aromatic heterocycles. The molecule has 2 heterocycles. The van der Waals surface area contributed by atoms with E-state index in [1.165, 1.54) is 16.2 Å². The Hall–Kier alpha value is -1.74. The predicted molar refractivity (Wildman–Crippen MR) is 117 cm³/mol. The van der Waals surface area contributed by atoms with Crippen LogP contribution in [0.5, 0.6) is 0 Å². The van der Waals surface area contributed by atoms with Crippen LogP contribution in [0.15, 0.2) is 41.8 Å². The molecule has 2 aromatic rings. The van der Waals surface area contributed by atoms with Crippen molar-refractivity contribution >= 4 is 57.3 Å². The molecule has 1 aliphatic carbocycles. The highest BCUT2D eigenvalue weighted by atomic mass is 127. The summed E-state index contributed by atoms with van der Waals surface area (Å²) in [7, 11) is 0. The van der Waals surface area contributed by atoms with Gasteiger partial charge >= 0.3 is 0 Å². The summed E-state index contributed by atoms with van der Waals surface area (Å²) >= 11 is 3.57. The van der Waals surface area contributed by atoms with Crippen LogP contribution in [0.3, 0.4) is 0 Å². The zero-order valence-electron chi connectivity index (χ0n) is 15.3. The van der Waals surface area contributed by atoms with Crippen molar-refractivity contribution in [3.8, 4) is 0 Å². The molecule has 0 radical (unpaired) electrons. The molecule has 1 aliphatic heterocycles. The molecule has 2 aliphatic rings. The Balaban J connectivity index is 1.66. The van der Waals surface area contributed by atoms with Crippen LogP contribution in [0.4, 0.5) is 5.69 Å². The number of nitrogens with zero attached hydrogens (tertiary/aromatic N) is 2. The fourth-order valence-corrected chi connectivity index (χ4v) is 5.17. The van der Waals surface area contributed by atoms with Gasteiger partial charge in [0.1, 0.15) is 6.04 Å². The monoisotopic (exact) mass is 508 g/mol. The molecule has 1 aromatic carbocycles. The zero-order chi connectivity index (χ0) is 19.7. The smallest absolute Gasteiger partial charge is 0.264 e. The van der Waals surface area contributed by atoms with E-state index in [4.69, 9.17) is 0 Å². The van der Waals surface area contributed by atoms with Gasteiger partial charge in [0, 0.05) is 9.61 Å². The number of anilines is 1. The first-order chi connectivity index (χ1) is 13.6. The average Bonchev–Trinajstić information content (AvgIpc) is 3.33. The second-order valence-corrected chi connectivity index (χ2v) is 9.44. The van der Waals surface area contributed by atoms with E-state index < -0.39 is 6.04 Å². The van der Waals surface area contributed by atoms with Crippen molar-refractivity contribution in [2.24, 2.45) is 0 Å². The number of thiophene rings is 1. The van der Waals surface area contributed by atoms with Crippen LogP contribution in [0, 0.1) is 3.57 Å². The summed E-state index contributed by atoms with van der Waals surface area (Å²) in [4.78, 5) is 42.9. The molecule has 146 valence electrons. The average molecular weight is 508 g/mol. The fraction of sp³-hybridized carbons (Fsp3) is 0.381. The van der Waals surface area contributed by atoms with Crippen molar-refractivity contribution < 1.29 is 14.4 Å². The summed E-state index contributed by atoms with van der Waals surface area (Å²) in [6, 6.07) is 10.3. The zero-order valence-corrected chi connectivity index (χ0v) is 18.3. The molecule has 1 saturated carbocycles. The van der Waals surface area contributed by atoms with E-state index in [-0.39, 0.29) is 30.2 Å². The molecule has 0 N–H and O–H groups in total. The summed E-state index contributed by atoms with van der Waals surface area (Å²) < 4.78 is 1.04. The maximum absolute atomic E-state index is 13.3. The molecule has 5 nitrogen and oxygen atoms in total. The maximum Gasteiger partial charge on any atom is 0.264 e. The number of imide groups is 1. The molecule has 2 fully saturated rings. The SMILES string of the molecule is O=C1CC(N(C(=O)c2cccs2)C2CCCCC2)C(=O)N1c1ccc(I)cc1. The molecule has 7 heteroatoms. The summed E-state index contributed by atoms with van der Waals surface area (Å²) in [6.07, 6.45) is 5.09. The van der Waals surface area contributed by atoms with E-state index in [1.807, 2.05) is 23.6 Å². The summed E-state index contributed by atoms with van der Waals surface area (Å²) in [5.41, 5.74) is 0.574. The van der Waals surface area contributed by atoms with Crippen molar-refractivity contribution in [1.82, 2.24) is 4.90 Å². The molecule has 1 atom stereocenters. The number of carbonyl (C=O) groups is 3. The first-order valence-electron chi connectivity index (χ1n) is 9.55. The first-order valence-corrected chi connectivity index (χ1v) is 11.5. The van der Waals surface area contributed by atoms with Crippen LogP contribution in [-0.4, -0.2) is 34.7 Å². The topological polar surface area (TPSA) is 57.7 Å². The highest BCUT2D eigenvalue weighted by Gasteiger charge is 2.46. The second kappa shape index (κ2) is 8.32. The van der Waals surface area contributed by atoms with Gasteiger partial charge in [-0.15, -0.1) is 11.3 Å². The van der Waals surface area contributed by atoms with E-state index in [0.29, 0.717) is 10.6 Å². The third kappa shape index (κ3) is 3.74. The Labute approximate surface area is 181 Å². The quantitative estimate of drug-likeness (QED) is 0.453. The van der Waals surface area contributed by atoms with E-state index in [0.717, 1.165) is 35.7 Å². The molecule has 3 amide bonds. The molecule has 28 heavy (non-hydrogen) atoms. The standard InChI is InChI=1S/C21H21IN2O3S/c22-14-8-10-16(11-9-14)24-19(25)13-17(20(24)26)23(15-5-2-1-3-6-15)21(27)18-7-4-12-28-18/h4,7-12,15,17H,1-3,5-6,13H2. The van der Waals surface area contributed by atoms with Gasteiger partial charge in [0.15, 0.2) is 0 Å². The summed E-state index contributed by atoms with van der Waals surface area (Å²) in [5.74, 6) is -0.657. The lowest BCUT2D eigenvalue weighted by atomic mass is 9.92. The normalized spacial score (nSPS) is 20.6. The Bertz CT molecular complexity index is 876. The van der Waals surface area contributed by atoms with Crippen LogP contribution in [0.2, 0.25) is 0 Å². The van der Waals surface area contributed by atoms with Gasteiger partial charge in [0.25, 0.3) is 11.8 Å². The number of benzene rings is 1. The molecule has 4 rings (SSSR count). The van der Waals surface area contributed by atoms with Gasteiger partial charge in [-0.3, -0.25) is 14.4 Å². The molecule has 1 saturated heterocycles. The number of amides is 3. The van der Waals surface area contributed by atoms with Crippen LogP contribution < -0.4 is 4.90 Å². The lowest BCUT2D eigenvalue weighted by Gasteiger charge is -2.37. The number of halogens is 1. The van der Waals surface area contributed by atoms with Crippen molar-refractivity contribution in [3.63, 3.8) is 0 Å². The van der Waals surface area contributed by atoms with E-state index in [9.17, 15) is 14.4 Å². The second-order valence-electron chi connectivity index (χ2n) is 7.25. The molecule has 0 spiro atoms. The van der Waals surface area contributed by atoms with Crippen LogP contribution in [-0.2, 0) is 9.59 Å². The van der Waals surface area contributed by atoms with Crippen LogP contribution in [0.1, 0.15) is 48.2 Å². The molecule has 1 unspecified atom stereocenters. The highest BCUT2D eigenvalue weighted by molar-refractivity contribution is 14.1. The van der Waals surface area contributed by atoms with Crippen molar-refractivity contribution in [2.75, 3.05) is 4.90 Å².